The molecule has 0 aliphatic carbocycles. The van der Waals surface area contributed by atoms with Crippen LogP contribution in [0.3, 0.4) is 0 Å². The Morgan fingerprint density at radius 2 is 0.765 bits per heavy atom. The largest absolute Gasteiger partial charge is 0.396 e. The van der Waals surface area contributed by atoms with Gasteiger partial charge in [0.2, 0.25) is 0 Å². The van der Waals surface area contributed by atoms with Crippen molar-refractivity contribution in [2.75, 3.05) is 39.6 Å². The van der Waals surface area contributed by atoms with Crippen LogP contribution in [0.15, 0.2) is 145 Å². The van der Waals surface area contributed by atoms with Gasteiger partial charge in [-0.2, -0.15) is 0 Å². The van der Waals surface area contributed by atoms with Gasteiger partial charge in [-0.1, -0.05) is 157 Å². The van der Waals surface area contributed by atoms with Crippen LogP contribution in [0, 0.1) is 0 Å². The zero-order chi connectivity index (χ0) is 48.9. The number of aliphatic hydroxyl groups is 4. The molecule has 6 nitrogen and oxygen atoms in total. The summed E-state index contributed by atoms with van der Waals surface area (Å²) in [7, 11) is 0. The second kappa shape index (κ2) is 37.9. The van der Waals surface area contributed by atoms with E-state index in [1.165, 1.54) is 65.5 Å². The molecule has 0 saturated heterocycles. The van der Waals surface area contributed by atoms with E-state index in [1.54, 1.807) is 13.8 Å². The van der Waals surface area contributed by atoms with Crippen LogP contribution in [-0.2, 0) is 9.47 Å². The first-order chi connectivity index (χ1) is 33.2. The summed E-state index contributed by atoms with van der Waals surface area (Å²) in [5, 5.41) is 37.3. The highest BCUT2D eigenvalue weighted by Crippen LogP contribution is 2.31. The zero-order valence-electron chi connectivity index (χ0n) is 42.7. The first kappa shape index (κ1) is 58.4. The molecule has 4 rings (SSSR count). The van der Waals surface area contributed by atoms with E-state index in [9.17, 15) is 15.3 Å². The standard InChI is InChI=1S/C34H52O4.C28H40O2/c1-28(15-13-22-34(23-25-38-27-30(3)36)32-18-8-5-9-19-32)14-12-21-33(31-16-6-4-7-17-31)20-10-11-24-37-26-29(2)35;1-24(13-11-20-28(21-23-30)26-16-6-3-7-17-26)12-10-19-27(18-8-9-22-29)25-14-4-2-5-15-25/h4-9,14,16-19,29-30,33-36H,10-13,15,20-27H2,1-3H3;2-7,12,14-17,27-30H,8-11,13,18-23H2,1H3/b28-14+;24-12+. The van der Waals surface area contributed by atoms with E-state index >= 15 is 0 Å². The highest BCUT2D eigenvalue weighted by Gasteiger charge is 2.15. The second-order valence-corrected chi connectivity index (χ2v) is 19.3. The topological polar surface area (TPSA) is 99.4 Å². The van der Waals surface area contributed by atoms with Gasteiger partial charge in [-0.3, -0.25) is 0 Å². The molecule has 6 heteroatoms. The van der Waals surface area contributed by atoms with Crippen molar-refractivity contribution in [3.63, 3.8) is 0 Å². The number of unbranched alkanes of at least 4 members (excludes halogenated alkanes) is 2. The van der Waals surface area contributed by atoms with Crippen LogP contribution in [-0.4, -0.2) is 72.3 Å². The van der Waals surface area contributed by atoms with Crippen molar-refractivity contribution >= 4 is 0 Å². The fraction of sp³-hybridized carbons (Fsp3) is 0.548. The molecule has 376 valence electrons. The molecule has 6 atom stereocenters. The lowest BCUT2D eigenvalue weighted by Crippen LogP contribution is -2.12. The fourth-order valence-corrected chi connectivity index (χ4v) is 9.32. The number of allylic oxidation sites excluding steroid dienone is 4. The third-order valence-electron chi connectivity index (χ3n) is 13.2. The summed E-state index contributed by atoms with van der Waals surface area (Å²) in [5.41, 5.74) is 8.56. The van der Waals surface area contributed by atoms with Gasteiger partial charge in [0.05, 0.1) is 25.4 Å². The van der Waals surface area contributed by atoms with Crippen LogP contribution < -0.4 is 0 Å². The predicted molar refractivity (Wildman–Crippen MR) is 287 cm³/mol. The van der Waals surface area contributed by atoms with Crippen molar-refractivity contribution in [2.24, 2.45) is 0 Å². The van der Waals surface area contributed by atoms with Crippen molar-refractivity contribution < 1.29 is 29.9 Å². The van der Waals surface area contributed by atoms with Crippen LogP contribution in [0.5, 0.6) is 0 Å². The van der Waals surface area contributed by atoms with Crippen molar-refractivity contribution in [1.82, 2.24) is 0 Å². The SMILES string of the molecule is C/C(=C\CCC(CCCCO)c1ccccc1)CCCC(CCO)c1ccccc1.C/C(=C\CCC(CCCCOCC(C)O)c1ccccc1)CCCC(CCOCC(C)O)c1ccccc1. The van der Waals surface area contributed by atoms with E-state index < -0.39 is 6.10 Å². The van der Waals surface area contributed by atoms with Crippen molar-refractivity contribution in [3.8, 4) is 0 Å². The molecule has 0 aromatic heterocycles. The molecule has 0 aliphatic heterocycles. The average molecular weight is 933 g/mol. The molecule has 0 bridgehead atoms. The number of benzene rings is 4. The molecule has 6 unspecified atom stereocenters. The van der Waals surface area contributed by atoms with Crippen LogP contribution in [0.4, 0.5) is 0 Å². The van der Waals surface area contributed by atoms with Crippen LogP contribution in [0.1, 0.15) is 189 Å². The van der Waals surface area contributed by atoms with Gasteiger partial charge in [0.1, 0.15) is 0 Å². The molecule has 4 aromatic rings. The van der Waals surface area contributed by atoms with E-state index in [0.717, 1.165) is 90.1 Å². The number of hydrogen-bond donors (Lipinski definition) is 4. The zero-order valence-corrected chi connectivity index (χ0v) is 42.7. The molecule has 4 aromatic carbocycles. The summed E-state index contributed by atoms with van der Waals surface area (Å²) in [5.74, 6) is 2.10. The lowest BCUT2D eigenvalue weighted by Gasteiger charge is -2.18. The maximum absolute atomic E-state index is 9.45. The maximum atomic E-state index is 9.45. The van der Waals surface area contributed by atoms with E-state index in [1.807, 2.05) is 0 Å². The Morgan fingerprint density at radius 1 is 0.412 bits per heavy atom. The number of rotatable bonds is 36. The van der Waals surface area contributed by atoms with Gasteiger partial charge in [-0.25, -0.2) is 0 Å². The predicted octanol–water partition coefficient (Wildman–Crippen LogP) is 14.8. The average Bonchev–Trinajstić information content (AvgIpc) is 3.35. The van der Waals surface area contributed by atoms with Gasteiger partial charge in [0, 0.05) is 26.4 Å². The Balaban J connectivity index is 0.000000370. The molecule has 68 heavy (non-hydrogen) atoms. The maximum Gasteiger partial charge on any atom is 0.0745 e. The van der Waals surface area contributed by atoms with Gasteiger partial charge in [0.15, 0.2) is 0 Å². The van der Waals surface area contributed by atoms with E-state index in [0.29, 0.717) is 50.1 Å². The van der Waals surface area contributed by atoms with E-state index in [2.05, 4.69) is 147 Å². The highest BCUT2D eigenvalue weighted by molar-refractivity contribution is 5.22. The monoisotopic (exact) mass is 933 g/mol. The van der Waals surface area contributed by atoms with Gasteiger partial charge < -0.3 is 29.9 Å². The molecular weight excluding hydrogens is 841 g/mol. The van der Waals surface area contributed by atoms with Crippen molar-refractivity contribution in [3.05, 3.63) is 167 Å². The van der Waals surface area contributed by atoms with Crippen molar-refractivity contribution in [1.29, 1.82) is 0 Å². The summed E-state index contributed by atoms with van der Waals surface area (Å²) < 4.78 is 11.2. The minimum Gasteiger partial charge on any atom is -0.396 e. The van der Waals surface area contributed by atoms with Crippen LogP contribution >= 0.6 is 0 Å². The van der Waals surface area contributed by atoms with Crippen molar-refractivity contribution in [2.45, 2.75) is 179 Å². The van der Waals surface area contributed by atoms with Crippen LogP contribution in [0.25, 0.3) is 0 Å². The summed E-state index contributed by atoms with van der Waals surface area (Å²) in [6.45, 7) is 10.9. The van der Waals surface area contributed by atoms with Crippen LogP contribution in [0.2, 0.25) is 0 Å². The molecule has 0 radical (unpaired) electrons. The molecule has 4 N–H and O–H groups in total. The third kappa shape index (κ3) is 27.3. The molecular formula is C62H92O6. The first-order valence-electron chi connectivity index (χ1n) is 26.4. The lowest BCUT2D eigenvalue weighted by atomic mass is 9.88. The smallest absolute Gasteiger partial charge is 0.0745 e. The Kier molecular flexibility index (Phi) is 32.6. The van der Waals surface area contributed by atoms with Gasteiger partial charge in [-0.15, -0.1) is 0 Å². The van der Waals surface area contributed by atoms with Gasteiger partial charge in [-0.05, 0) is 176 Å². The minimum absolute atomic E-state index is 0.255. The summed E-state index contributed by atoms with van der Waals surface area (Å²) in [6.07, 6.45) is 23.9. The molecule has 0 saturated carbocycles. The van der Waals surface area contributed by atoms with Gasteiger partial charge in [0.25, 0.3) is 0 Å². The minimum atomic E-state index is -0.408. The molecule has 0 aliphatic rings. The fourth-order valence-electron chi connectivity index (χ4n) is 9.32. The summed E-state index contributed by atoms with van der Waals surface area (Å²) >= 11 is 0. The Morgan fingerprint density at radius 3 is 1.15 bits per heavy atom. The lowest BCUT2D eigenvalue weighted by molar-refractivity contribution is 0.0428. The normalized spacial score (nSPS) is 14.6. The molecule has 0 amide bonds. The summed E-state index contributed by atoms with van der Waals surface area (Å²) in [4.78, 5) is 0. The Bertz CT molecular complexity index is 1810. The number of ether oxygens (including phenoxy) is 2. The molecule has 0 fully saturated rings. The number of aliphatic hydroxyl groups excluding tert-OH is 4. The third-order valence-corrected chi connectivity index (χ3v) is 13.2. The van der Waals surface area contributed by atoms with Gasteiger partial charge >= 0.3 is 0 Å². The Hall–Kier alpha value is -3.88. The van der Waals surface area contributed by atoms with E-state index in [4.69, 9.17) is 14.6 Å². The quantitative estimate of drug-likeness (QED) is 0.0268. The highest BCUT2D eigenvalue weighted by atomic mass is 16.5. The summed E-state index contributed by atoms with van der Waals surface area (Å²) in [6, 6.07) is 43.1. The first-order valence-corrected chi connectivity index (χ1v) is 26.4. The van der Waals surface area contributed by atoms with E-state index in [-0.39, 0.29) is 12.7 Å². The second-order valence-electron chi connectivity index (χ2n) is 19.3. The number of hydrogen-bond acceptors (Lipinski definition) is 6. The Labute approximate surface area is 414 Å². The molecule has 0 spiro atoms. The molecule has 0 heterocycles.